The summed E-state index contributed by atoms with van der Waals surface area (Å²) in [5.41, 5.74) is -0.0273. The Labute approximate surface area is 85.0 Å². The van der Waals surface area contributed by atoms with Gasteiger partial charge in [0.15, 0.2) is 0 Å². The Hall–Kier alpha value is 0.350. The van der Waals surface area contributed by atoms with Gasteiger partial charge in [0.1, 0.15) is 0 Å². The first-order valence-electron chi connectivity index (χ1n) is 4.96. The van der Waals surface area contributed by atoms with Gasteiger partial charge >= 0.3 is 0 Å². The topological polar surface area (TPSA) is 12.5 Å². The van der Waals surface area contributed by atoms with Crippen molar-refractivity contribution in [3.8, 4) is 0 Å². The van der Waals surface area contributed by atoms with Gasteiger partial charge in [-0.2, -0.15) is 0 Å². The molecule has 0 aliphatic heterocycles. The van der Waals surface area contributed by atoms with Crippen molar-refractivity contribution < 1.29 is 4.52 Å². The van der Waals surface area contributed by atoms with E-state index in [0.717, 1.165) is 0 Å². The minimum Gasteiger partial charge on any atom is -0.341 e. The summed E-state index contributed by atoms with van der Waals surface area (Å²) in [4.78, 5) is 0. The average molecular weight is 205 g/mol. The Morgan fingerprint density at radius 1 is 1.00 bits per heavy atom. The summed E-state index contributed by atoms with van der Waals surface area (Å²) in [7, 11) is 0.469. The fourth-order valence-electron chi connectivity index (χ4n) is 0.997. The van der Waals surface area contributed by atoms with Gasteiger partial charge in [0, 0.05) is 12.1 Å². The van der Waals surface area contributed by atoms with Gasteiger partial charge in [0.2, 0.25) is 0 Å². The van der Waals surface area contributed by atoms with Crippen LogP contribution in [0.25, 0.3) is 0 Å². The molecule has 1 atom stereocenters. The number of nitrogens with zero attached hydrogens (tertiary/aromatic N) is 1. The first-order valence-corrected chi connectivity index (χ1v) is 5.81. The summed E-state index contributed by atoms with van der Waals surface area (Å²) < 4.78 is 8.13. The Morgan fingerprint density at radius 3 is 1.62 bits per heavy atom. The van der Waals surface area contributed by atoms with Crippen molar-refractivity contribution >= 4 is 8.96 Å². The minimum atomic E-state index is -0.0273. The molecule has 0 aromatic rings. The van der Waals surface area contributed by atoms with Crippen LogP contribution in [0.2, 0.25) is 0 Å². The van der Waals surface area contributed by atoms with Crippen LogP contribution in [0.4, 0.5) is 0 Å². The molecule has 3 heteroatoms. The molecule has 0 N–H and O–H groups in total. The highest BCUT2D eigenvalue weighted by atomic mass is 31.1. The van der Waals surface area contributed by atoms with E-state index in [9.17, 15) is 0 Å². The molecule has 0 amide bonds. The minimum absolute atomic E-state index is 0.0273. The molecule has 0 aliphatic carbocycles. The summed E-state index contributed by atoms with van der Waals surface area (Å²) in [6.45, 7) is 15.1. The zero-order valence-corrected chi connectivity index (χ0v) is 11.0. The summed E-state index contributed by atoms with van der Waals surface area (Å²) in [6, 6.07) is 1.11. The number of rotatable bonds is 4. The van der Waals surface area contributed by atoms with Crippen molar-refractivity contribution in [3.05, 3.63) is 0 Å². The third-order valence-corrected chi connectivity index (χ3v) is 3.52. The Kier molecular flexibility index (Phi) is 5.43. The zero-order valence-electron chi connectivity index (χ0n) is 10.0. The Balaban J connectivity index is 3.98. The van der Waals surface area contributed by atoms with Gasteiger partial charge in [0.25, 0.3) is 0 Å². The molecule has 0 rings (SSSR count). The highest BCUT2D eigenvalue weighted by molar-refractivity contribution is 7.29. The Bertz CT molecular complexity index is 132. The molecule has 0 radical (unpaired) electrons. The molecule has 0 heterocycles. The molecule has 0 bridgehead atoms. The van der Waals surface area contributed by atoms with E-state index < -0.39 is 0 Å². The smallest absolute Gasteiger partial charge is 0.0901 e. The fourth-order valence-corrected chi connectivity index (χ4v) is 1.80. The number of hydrogen-bond acceptors (Lipinski definition) is 2. The molecule has 0 aromatic heterocycles. The summed E-state index contributed by atoms with van der Waals surface area (Å²) in [6.07, 6.45) is 0. The molecule has 0 saturated heterocycles. The molecule has 13 heavy (non-hydrogen) atoms. The SMILES string of the molecule is CC(C)N(POC(C)(C)C)C(C)C. The largest absolute Gasteiger partial charge is 0.341 e. The maximum absolute atomic E-state index is 5.77. The van der Waals surface area contributed by atoms with E-state index >= 15 is 0 Å². The van der Waals surface area contributed by atoms with Gasteiger partial charge in [-0.3, -0.25) is 4.67 Å². The normalized spacial score (nSPS) is 14.3. The van der Waals surface area contributed by atoms with Crippen molar-refractivity contribution in [3.63, 3.8) is 0 Å². The van der Waals surface area contributed by atoms with Gasteiger partial charge < -0.3 is 4.52 Å². The van der Waals surface area contributed by atoms with Crippen molar-refractivity contribution in [1.29, 1.82) is 0 Å². The molecule has 0 aromatic carbocycles. The number of hydrogen-bond donors (Lipinski definition) is 0. The maximum atomic E-state index is 5.77. The highest BCUT2D eigenvalue weighted by Crippen LogP contribution is 2.30. The maximum Gasteiger partial charge on any atom is 0.0901 e. The van der Waals surface area contributed by atoms with Crippen LogP contribution in [-0.2, 0) is 4.52 Å². The zero-order chi connectivity index (χ0) is 10.6. The third-order valence-electron chi connectivity index (χ3n) is 1.57. The van der Waals surface area contributed by atoms with Crippen LogP contribution in [0.5, 0.6) is 0 Å². The molecule has 80 valence electrons. The van der Waals surface area contributed by atoms with Gasteiger partial charge in [-0.05, 0) is 48.5 Å². The van der Waals surface area contributed by atoms with Gasteiger partial charge in [-0.15, -0.1) is 0 Å². The molecule has 0 spiro atoms. The van der Waals surface area contributed by atoms with Gasteiger partial charge in [-0.25, -0.2) is 0 Å². The van der Waals surface area contributed by atoms with Crippen LogP contribution in [0, 0.1) is 0 Å². The molecule has 1 unspecified atom stereocenters. The van der Waals surface area contributed by atoms with Crippen molar-refractivity contribution in [2.24, 2.45) is 0 Å². The lowest BCUT2D eigenvalue weighted by Gasteiger charge is -2.32. The highest BCUT2D eigenvalue weighted by Gasteiger charge is 2.17. The van der Waals surface area contributed by atoms with Crippen LogP contribution in [0.15, 0.2) is 0 Å². The molecule has 0 saturated carbocycles. The lowest BCUT2D eigenvalue weighted by atomic mass is 10.2. The van der Waals surface area contributed by atoms with E-state index in [2.05, 4.69) is 53.1 Å². The predicted molar refractivity (Wildman–Crippen MR) is 61.3 cm³/mol. The summed E-state index contributed by atoms with van der Waals surface area (Å²) in [5.74, 6) is 0. The lowest BCUT2D eigenvalue weighted by molar-refractivity contribution is 0.136. The summed E-state index contributed by atoms with van der Waals surface area (Å²) >= 11 is 0. The lowest BCUT2D eigenvalue weighted by Crippen LogP contribution is -2.31. The van der Waals surface area contributed by atoms with Gasteiger partial charge in [-0.1, -0.05) is 0 Å². The van der Waals surface area contributed by atoms with Crippen molar-refractivity contribution in [2.75, 3.05) is 0 Å². The fraction of sp³-hybridized carbons (Fsp3) is 1.00. The average Bonchev–Trinajstić information content (AvgIpc) is 1.82. The van der Waals surface area contributed by atoms with E-state index in [1.807, 2.05) is 0 Å². The first kappa shape index (κ1) is 13.4. The second-order valence-electron chi connectivity index (χ2n) is 4.90. The predicted octanol–water partition coefficient (Wildman–Crippen LogP) is 3.43. The quantitative estimate of drug-likeness (QED) is 0.652. The van der Waals surface area contributed by atoms with E-state index in [4.69, 9.17) is 4.52 Å². The van der Waals surface area contributed by atoms with Crippen molar-refractivity contribution in [2.45, 2.75) is 66.2 Å². The van der Waals surface area contributed by atoms with E-state index in [1.54, 1.807) is 0 Å². The second-order valence-corrected chi connectivity index (χ2v) is 5.80. The van der Waals surface area contributed by atoms with E-state index in [1.165, 1.54) is 0 Å². The van der Waals surface area contributed by atoms with Crippen molar-refractivity contribution in [1.82, 2.24) is 4.67 Å². The Morgan fingerprint density at radius 2 is 1.38 bits per heavy atom. The monoisotopic (exact) mass is 205 g/mol. The molecule has 0 aliphatic rings. The van der Waals surface area contributed by atoms with Crippen LogP contribution < -0.4 is 0 Å². The van der Waals surface area contributed by atoms with E-state index in [-0.39, 0.29) is 5.60 Å². The molecular weight excluding hydrogens is 181 g/mol. The van der Waals surface area contributed by atoms with Gasteiger partial charge in [0.05, 0.1) is 14.6 Å². The second kappa shape index (κ2) is 5.29. The first-order chi connectivity index (χ1) is 5.74. The molecular formula is C10H24NOP. The van der Waals surface area contributed by atoms with Crippen LogP contribution >= 0.6 is 8.96 Å². The molecule has 2 nitrogen and oxygen atoms in total. The van der Waals surface area contributed by atoms with E-state index in [0.29, 0.717) is 21.0 Å². The van der Waals surface area contributed by atoms with Crippen LogP contribution in [0.3, 0.4) is 0 Å². The van der Waals surface area contributed by atoms with Crippen LogP contribution in [0.1, 0.15) is 48.5 Å². The standard InChI is InChI=1S/C10H24NOP/c1-8(2)11(9(3)4)13-12-10(5,6)7/h8-9,13H,1-7H3. The third kappa shape index (κ3) is 6.42. The molecule has 0 fully saturated rings. The summed E-state index contributed by atoms with van der Waals surface area (Å²) in [5, 5.41) is 0. The van der Waals surface area contributed by atoms with Crippen LogP contribution in [-0.4, -0.2) is 22.4 Å².